The minimum atomic E-state index is -0.458. The molecule has 0 aromatic heterocycles. The Hall–Kier alpha value is -0.860. The summed E-state index contributed by atoms with van der Waals surface area (Å²) in [7, 11) is 0. The number of rotatable bonds is 3. The van der Waals surface area contributed by atoms with Crippen molar-refractivity contribution in [3.8, 4) is 0 Å². The van der Waals surface area contributed by atoms with E-state index in [0.717, 1.165) is 0 Å². The topological polar surface area (TPSA) is 43.4 Å². The van der Waals surface area contributed by atoms with E-state index in [1.807, 2.05) is 0 Å². The van der Waals surface area contributed by atoms with Crippen LogP contribution in [0, 0.1) is 0 Å². The van der Waals surface area contributed by atoms with E-state index < -0.39 is 5.97 Å². The van der Waals surface area contributed by atoms with Gasteiger partial charge in [0.2, 0.25) is 0 Å². The van der Waals surface area contributed by atoms with E-state index in [1.54, 1.807) is 13.8 Å². The fraction of sp³-hybridized carbons (Fsp3) is 0.667. The predicted molar refractivity (Wildman–Crippen MR) is 31.9 cm³/mol. The van der Waals surface area contributed by atoms with Gasteiger partial charge in [0.15, 0.2) is 0 Å². The van der Waals surface area contributed by atoms with Crippen molar-refractivity contribution in [2.75, 3.05) is 0 Å². The second kappa shape index (κ2) is 4.06. The molecule has 0 saturated heterocycles. The number of hydrogen-bond donors (Lipinski definition) is 0. The Balaban J connectivity index is 3.38. The molecule has 0 aliphatic rings. The number of hydrogen-bond acceptors (Lipinski definition) is 3. The summed E-state index contributed by atoms with van der Waals surface area (Å²) in [6.07, 6.45) is 0.264. The Labute approximate surface area is 54.0 Å². The summed E-state index contributed by atoms with van der Waals surface area (Å²) in [5, 5.41) is 0. The highest BCUT2D eigenvalue weighted by atomic mass is 16.5. The Bertz CT molecular complexity index is 107. The zero-order valence-electron chi connectivity index (χ0n) is 5.59. The molecule has 0 heterocycles. The van der Waals surface area contributed by atoms with Gasteiger partial charge in [-0.3, -0.25) is 4.79 Å². The monoisotopic (exact) mass is 130 g/mol. The van der Waals surface area contributed by atoms with Crippen LogP contribution in [-0.4, -0.2) is 18.4 Å². The van der Waals surface area contributed by atoms with Gasteiger partial charge in [0.1, 0.15) is 12.7 Å². The third-order valence-corrected chi connectivity index (χ3v) is 0.617. The summed E-state index contributed by atoms with van der Waals surface area (Å²) >= 11 is 0. The average Bonchev–Trinajstić information content (AvgIpc) is 1.63. The van der Waals surface area contributed by atoms with Crippen molar-refractivity contribution in [3.05, 3.63) is 0 Å². The van der Waals surface area contributed by atoms with Crippen LogP contribution in [0.5, 0.6) is 0 Å². The summed E-state index contributed by atoms with van der Waals surface area (Å²) in [5.41, 5.74) is 0. The Morgan fingerprint density at radius 3 is 2.56 bits per heavy atom. The summed E-state index contributed by atoms with van der Waals surface area (Å²) in [4.78, 5) is 20.1. The molecule has 0 bridgehead atoms. The molecule has 9 heavy (non-hydrogen) atoms. The third kappa shape index (κ3) is 5.00. The van der Waals surface area contributed by atoms with Crippen molar-refractivity contribution < 1.29 is 14.3 Å². The lowest BCUT2D eigenvalue weighted by molar-refractivity contribution is -0.147. The van der Waals surface area contributed by atoms with Crippen molar-refractivity contribution in [1.82, 2.24) is 0 Å². The minimum absolute atomic E-state index is 0.127. The lowest BCUT2D eigenvalue weighted by Gasteiger charge is -2.03. The van der Waals surface area contributed by atoms with E-state index >= 15 is 0 Å². The van der Waals surface area contributed by atoms with Gasteiger partial charge in [-0.1, -0.05) is 0 Å². The standard InChI is InChI=1S/C6H10O3/c1-5(2)9-6(8)3-4-7/h4-5H,3H2,1-2H3. The highest BCUT2D eigenvalue weighted by Gasteiger charge is 2.02. The second-order valence-corrected chi connectivity index (χ2v) is 1.91. The SMILES string of the molecule is CC(C)OC(=O)CC=O. The van der Waals surface area contributed by atoms with Gasteiger partial charge in [0.25, 0.3) is 0 Å². The third-order valence-electron chi connectivity index (χ3n) is 0.617. The molecule has 0 amide bonds. The molecule has 0 rings (SSSR count). The van der Waals surface area contributed by atoms with Crippen molar-refractivity contribution in [1.29, 1.82) is 0 Å². The van der Waals surface area contributed by atoms with Crippen molar-refractivity contribution in [2.24, 2.45) is 0 Å². The van der Waals surface area contributed by atoms with Gasteiger partial charge in [0.05, 0.1) is 6.10 Å². The minimum Gasteiger partial charge on any atom is -0.463 e. The van der Waals surface area contributed by atoms with Crippen LogP contribution in [0.15, 0.2) is 0 Å². The first-order valence-corrected chi connectivity index (χ1v) is 2.80. The molecule has 0 aliphatic heterocycles. The summed E-state index contributed by atoms with van der Waals surface area (Å²) in [6.45, 7) is 3.48. The molecule has 0 unspecified atom stereocenters. The molecular formula is C6H10O3. The summed E-state index contributed by atoms with van der Waals surface area (Å²) < 4.78 is 4.62. The maximum absolute atomic E-state index is 10.4. The molecule has 0 spiro atoms. The van der Waals surface area contributed by atoms with Crippen LogP contribution in [0.3, 0.4) is 0 Å². The zero-order valence-corrected chi connectivity index (χ0v) is 5.59. The number of ether oxygens (including phenoxy) is 1. The quantitative estimate of drug-likeness (QED) is 0.318. The van der Waals surface area contributed by atoms with Crippen molar-refractivity contribution in [3.63, 3.8) is 0 Å². The first-order chi connectivity index (χ1) is 4.16. The molecule has 3 nitrogen and oxygen atoms in total. The highest BCUT2D eigenvalue weighted by molar-refractivity contribution is 5.83. The first kappa shape index (κ1) is 8.14. The Kier molecular flexibility index (Phi) is 3.67. The fourth-order valence-corrected chi connectivity index (χ4v) is 0.379. The van der Waals surface area contributed by atoms with E-state index in [1.165, 1.54) is 0 Å². The lowest BCUT2D eigenvalue weighted by Crippen LogP contribution is -2.11. The van der Waals surface area contributed by atoms with Gasteiger partial charge >= 0.3 is 5.97 Å². The zero-order chi connectivity index (χ0) is 7.28. The smallest absolute Gasteiger partial charge is 0.313 e. The molecular weight excluding hydrogens is 120 g/mol. The molecule has 0 N–H and O–H groups in total. The van der Waals surface area contributed by atoms with E-state index in [2.05, 4.69) is 4.74 Å². The van der Waals surface area contributed by atoms with Crippen LogP contribution in [-0.2, 0) is 14.3 Å². The molecule has 0 fully saturated rings. The van der Waals surface area contributed by atoms with Gasteiger partial charge in [0, 0.05) is 0 Å². The van der Waals surface area contributed by atoms with Crippen LogP contribution in [0.1, 0.15) is 20.3 Å². The van der Waals surface area contributed by atoms with Crippen LogP contribution in [0.4, 0.5) is 0 Å². The molecule has 3 heteroatoms. The number of esters is 1. The summed E-state index contributed by atoms with van der Waals surface area (Å²) in [5.74, 6) is -0.458. The lowest BCUT2D eigenvalue weighted by atomic mass is 10.4. The van der Waals surface area contributed by atoms with Gasteiger partial charge in [-0.15, -0.1) is 0 Å². The number of carbonyl (C=O) groups excluding carboxylic acids is 2. The van der Waals surface area contributed by atoms with Crippen LogP contribution in [0.2, 0.25) is 0 Å². The maximum Gasteiger partial charge on any atom is 0.313 e. The van der Waals surface area contributed by atoms with E-state index in [4.69, 9.17) is 0 Å². The van der Waals surface area contributed by atoms with E-state index in [-0.39, 0.29) is 12.5 Å². The van der Waals surface area contributed by atoms with Crippen LogP contribution >= 0.6 is 0 Å². The molecule has 0 saturated carbocycles. The molecule has 52 valence electrons. The van der Waals surface area contributed by atoms with Crippen molar-refractivity contribution in [2.45, 2.75) is 26.4 Å². The van der Waals surface area contributed by atoms with Crippen LogP contribution in [0.25, 0.3) is 0 Å². The molecule has 0 aliphatic carbocycles. The van der Waals surface area contributed by atoms with Gasteiger partial charge in [-0.05, 0) is 13.8 Å². The van der Waals surface area contributed by atoms with Gasteiger partial charge in [-0.25, -0.2) is 0 Å². The Morgan fingerprint density at radius 1 is 1.67 bits per heavy atom. The largest absolute Gasteiger partial charge is 0.463 e. The second-order valence-electron chi connectivity index (χ2n) is 1.91. The molecule has 0 aromatic rings. The van der Waals surface area contributed by atoms with E-state index in [9.17, 15) is 9.59 Å². The van der Waals surface area contributed by atoms with Gasteiger partial charge in [-0.2, -0.15) is 0 Å². The van der Waals surface area contributed by atoms with Gasteiger partial charge < -0.3 is 9.53 Å². The highest BCUT2D eigenvalue weighted by Crippen LogP contribution is 1.89. The maximum atomic E-state index is 10.4. The molecule has 0 aromatic carbocycles. The predicted octanol–water partition coefficient (Wildman–Crippen LogP) is 0.527. The van der Waals surface area contributed by atoms with Crippen LogP contribution < -0.4 is 0 Å². The molecule has 0 atom stereocenters. The number of aldehydes is 1. The average molecular weight is 130 g/mol. The Morgan fingerprint density at radius 2 is 2.22 bits per heavy atom. The van der Waals surface area contributed by atoms with E-state index in [0.29, 0.717) is 6.29 Å². The normalized spacial score (nSPS) is 9.22. The van der Waals surface area contributed by atoms with Crippen molar-refractivity contribution >= 4 is 12.3 Å². The molecule has 0 radical (unpaired) electrons. The fourth-order valence-electron chi connectivity index (χ4n) is 0.379. The number of carbonyl (C=O) groups is 2. The first-order valence-electron chi connectivity index (χ1n) is 2.80. The summed E-state index contributed by atoms with van der Waals surface area (Å²) in [6, 6.07) is 0.